The number of hydrogen-bond donors (Lipinski definition) is 2. The third kappa shape index (κ3) is 3.21. The van der Waals surface area contributed by atoms with E-state index in [1.165, 1.54) is 12.1 Å². The van der Waals surface area contributed by atoms with Crippen LogP contribution in [0.5, 0.6) is 0 Å². The smallest absolute Gasteiger partial charge is 0.240 e. The van der Waals surface area contributed by atoms with Gasteiger partial charge >= 0.3 is 0 Å². The first-order chi connectivity index (χ1) is 9.42. The highest BCUT2D eigenvalue weighted by molar-refractivity contribution is 7.89. The van der Waals surface area contributed by atoms with E-state index in [1.807, 2.05) is 0 Å². The summed E-state index contributed by atoms with van der Waals surface area (Å²) >= 11 is 0. The number of benzene rings is 1. The number of rotatable bonds is 5. The van der Waals surface area contributed by atoms with Crippen molar-refractivity contribution in [1.29, 1.82) is 0 Å². The van der Waals surface area contributed by atoms with Crippen molar-refractivity contribution >= 4 is 10.0 Å². The third-order valence-electron chi connectivity index (χ3n) is 2.67. The topological polar surface area (TPSA) is 98.2 Å². The maximum absolute atomic E-state index is 13.3. The zero-order valence-electron chi connectivity index (χ0n) is 10.8. The highest BCUT2D eigenvalue weighted by Crippen LogP contribution is 2.15. The lowest BCUT2D eigenvalue weighted by atomic mass is 10.2. The van der Waals surface area contributed by atoms with Crippen molar-refractivity contribution in [3.8, 4) is 0 Å². The van der Waals surface area contributed by atoms with E-state index in [2.05, 4.69) is 9.88 Å². The average molecular weight is 299 g/mol. The molecule has 1 aromatic heterocycles. The van der Waals surface area contributed by atoms with Crippen LogP contribution in [0.4, 0.5) is 4.39 Å². The minimum Gasteiger partial charge on any atom is -0.361 e. The zero-order valence-corrected chi connectivity index (χ0v) is 11.6. The molecule has 0 atom stereocenters. The van der Waals surface area contributed by atoms with E-state index < -0.39 is 15.8 Å². The van der Waals surface area contributed by atoms with Gasteiger partial charge in [0.25, 0.3) is 0 Å². The van der Waals surface area contributed by atoms with Gasteiger partial charge < -0.3 is 10.3 Å². The summed E-state index contributed by atoms with van der Waals surface area (Å²) < 4.78 is 44.6. The summed E-state index contributed by atoms with van der Waals surface area (Å²) in [6.45, 7) is 1.63. The summed E-state index contributed by atoms with van der Waals surface area (Å²) in [5.74, 6) is 0.0602. The molecule has 8 heteroatoms. The lowest BCUT2D eigenvalue weighted by Crippen LogP contribution is -2.23. The molecule has 1 heterocycles. The Labute approximate surface area is 115 Å². The maximum Gasteiger partial charge on any atom is 0.240 e. The maximum atomic E-state index is 13.3. The minimum atomic E-state index is -3.75. The molecule has 0 fully saturated rings. The van der Waals surface area contributed by atoms with E-state index in [1.54, 1.807) is 13.0 Å². The van der Waals surface area contributed by atoms with Gasteiger partial charge in [0.2, 0.25) is 10.0 Å². The molecule has 2 aromatic rings. The van der Waals surface area contributed by atoms with Gasteiger partial charge in [-0.1, -0.05) is 5.16 Å². The van der Waals surface area contributed by atoms with Crippen molar-refractivity contribution < 1.29 is 17.3 Å². The third-order valence-corrected chi connectivity index (χ3v) is 4.07. The van der Waals surface area contributed by atoms with Gasteiger partial charge in [-0.2, -0.15) is 0 Å². The summed E-state index contributed by atoms with van der Waals surface area (Å²) in [4.78, 5) is -0.0421. The molecule has 0 saturated carbocycles. The van der Waals surface area contributed by atoms with Crippen molar-refractivity contribution in [2.45, 2.75) is 24.9 Å². The molecular formula is C12H14FN3O3S. The van der Waals surface area contributed by atoms with Crippen molar-refractivity contribution in [3.05, 3.63) is 47.1 Å². The Morgan fingerprint density at radius 3 is 2.75 bits per heavy atom. The molecule has 20 heavy (non-hydrogen) atoms. The molecule has 0 unspecified atom stereocenters. The molecule has 3 N–H and O–H groups in total. The van der Waals surface area contributed by atoms with Crippen LogP contribution >= 0.6 is 0 Å². The SMILES string of the molecule is Cc1cc(CNS(=O)(=O)c2ccc(F)c(CN)c2)no1. The fraction of sp³-hybridized carbons (Fsp3) is 0.250. The summed E-state index contributed by atoms with van der Waals surface area (Å²) in [6.07, 6.45) is 0. The predicted molar refractivity (Wildman–Crippen MR) is 69.6 cm³/mol. The first-order valence-electron chi connectivity index (χ1n) is 5.83. The average Bonchev–Trinajstić information content (AvgIpc) is 2.83. The molecule has 0 bridgehead atoms. The molecule has 0 aliphatic heterocycles. The van der Waals surface area contributed by atoms with E-state index in [9.17, 15) is 12.8 Å². The minimum absolute atomic E-state index is 0.00495. The second kappa shape index (κ2) is 5.70. The largest absolute Gasteiger partial charge is 0.361 e. The molecule has 0 spiro atoms. The van der Waals surface area contributed by atoms with Gasteiger partial charge in [-0.25, -0.2) is 17.5 Å². The van der Waals surface area contributed by atoms with Gasteiger partial charge in [0.1, 0.15) is 11.6 Å². The Morgan fingerprint density at radius 1 is 1.40 bits per heavy atom. The number of aryl methyl sites for hydroxylation is 1. The number of sulfonamides is 1. The zero-order chi connectivity index (χ0) is 14.8. The van der Waals surface area contributed by atoms with Crippen molar-refractivity contribution in [2.75, 3.05) is 0 Å². The Bertz CT molecular complexity index is 712. The van der Waals surface area contributed by atoms with E-state index in [0.717, 1.165) is 6.07 Å². The van der Waals surface area contributed by atoms with Crippen LogP contribution in [0.15, 0.2) is 33.7 Å². The lowest BCUT2D eigenvalue weighted by molar-refractivity contribution is 0.390. The van der Waals surface area contributed by atoms with E-state index in [-0.39, 0.29) is 23.5 Å². The fourth-order valence-corrected chi connectivity index (χ4v) is 2.68. The fourth-order valence-electron chi connectivity index (χ4n) is 1.63. The lowest BCUT2D eigenvalue weighted by Gasteiger charge is -2.07. The van der Waals surface area contributed by atoms with Gasteiger partial charge in [-0.05, 0) is 25.1 Å². The van der Waals surface area contributed by atoms with Crippen LogP contribution in [0, 0.1) is 12.7 Å². The Morgan fingerprint density at radius 2 is 2.15 bits per heavy atom. The standard InChI is InChI=1S/C12H14FN3O3S/c1-8-4-10(16-19-8)7-15-20(17,18)11-2-3-12(13)9(5-11)6-14/h2-5,15H,6-7,14H2,1H3. The number of nitrogens with one attached hydrogen (secondary N) is 1. The highest BCUT2D eigenvalue weighted by atomic mass is 32.2. The number of nitrogens with two attached hydrogens (primary N) is 1. The molecule has 0 saturated heterocycles. The van der Waals surface area contributed by atoms with E-state index in [4.69, 9.17) is 10.3 Å². The van der Waals surface area contributed by atoms with Crippen molar-refractivity contribution in [3.63, 3.8) is 0 Å². The summed E-state index contributed by atoms with van der Waals surface area (Å²) in [5.41, 5.74) is 5.96. The number of halogens is 1. The monoisotopic (exact) mass is 299 g/mol. The highest BCUT2D eigenvalue weighted by Gasteiger charge is 2.16. The Hall–Kier alpha value is -1.77. The number of hydrogen-bond acceptors (Lipinski definition) is 5. The molecule has 0 aliphatic rings. The normalized spacial score (nSPS) is 11.8. The van der Waals surface area contributed by atoms with Crippen LogP contribution < -0.4 is 10.5 Å². The molecule has 2 rings (SSSR count). The van der Waals surface area contributed by atoms with Gasteiger partial charge in [0.15, 0.2) is 0 Å². The van der Waals surface area contributed by atoms with Gasteiger partial charge in [-0.15, -0.1) is 0 Å². The molecule has 6 nitrogen and oxygen atoms in total. The number of aromatic nitrogens is 1. The molecule has 0 amide bonds. The van der Waals surface area contributed by atoms with Crippen LogP contribution in [-0.4, -0.2) is 13.6 Å². The van der Waals surface area contributed by atoms with Gasteiger partial charge in [-0.3, -0.25) is 0 Å². The first-order valence-corrected chi connectivity index (χ1v) is 7.31. The molecule has 1 aromatic carbocycles. The van der Waals surface area contributed by atoms with Crippen LogP contribution in [0.3, 0.4) is 0 Å². The Balaban J connectivity index is 2.17. The second-order valence-electron chi connectivity index (χ2n) is 4.21. The molecule has 0 radical (unpaired) electrons. The predicted octanol–water partition coefficient (Wildman–Crippen LogP) is 1.06. The summed E-state index contributed by atoms with van der Waals surface area (Å²) in [5, 5.41) is 3.68. The molecule has 108 valence electrons. The molecule has 0 aliphatic carbocycles. The van der Waals surface area contributed by atoms with Crippen molar-refractivity contribution in [1.82, 2.24) is 9.88 Å². The first kappa shape index (κ1) is 14.6. The van der Waals surface area contributed by atoms with Crippen LogP contribution in [0.1, 0.15) is 17.0 Å². The van der Waals surface area contributed by atoms with Gasteiger partial charge in [0.05, 0.1) is 17.1 Å². The summed E-state index contributed by atoms with van der Waals surface area (Å²) in [7, 11) is -3.75. The summed E-state index contributed by atoms with van der Waals surface area (Å²) in [6, 6.07) is 5.10. The van der Waals surface area contributed by atoms with Crippen LogP contribution in [0.2, 0.25) is 0 Å². The van der Waals surface area contributed by atoms with E-state index in [0.29, 0.717) is 11.5 Å². The number of nitrogens with zero attached hydrogens (tertiary/aromatic N) is 1. The van der Waals surface area contributed by atoms with E-state index >= 15 is 0 Å². The van der Waals surface area contributed by atoms with Crippen molar-refractivity contribution in [2.24, 2.45) is 5.73 Å². The Kier molecular flexibility index (Phi) is 4.17. The van der Waals surface area contributed by atoms with Crippen LogP contribution in [0.25, 0.3) is 0 Å². The van der Waals surface area contributed by atoms with Gasteiger partial charge in [0, 0.05) is 18.2 Å². The van der Waals surface area contributed by atoms with Crippen LogP contribution in [-0.2, 0) is 23.1 Å². The molecular weight excluding hydrogens is 285 g/mol. The quantitative estimate of drug-likeness (QED) is 0.860. The second-order valence-corrected chi connectivity index (χ2v) is 5.98.